The quantitative estimate of drug-likeness (QED) is 0.608. The maximum atomic E-state index is 12.3. The minimum atomic E-state index is -0.436. The largest absolute Gasteiger partial charge is 0.444 e. The first kappa shape index (κ1) is 24.7. The molecule has 7 heteroatoms. The van der Waals surface area contributed by atoms with Crippen LogP contribution in [0.5, 0.6) is 0 Å². The summed E-state index contributed by atoms with van der Waals surface area (Å²) < 4.78 is 5.51. The molecule has 2 fully saturated rings. The Kier molecular flexibility index (Phi) is 7.97. The van der Waals surface area contributed by atoms with E-state index in [1.807, 2.05) is 43.9 Å². The highest BCUT2D eigenvalue weighted by Gasteiger charge is 2.29. The van der Waals surface area contributed by atoms with Gasteiger partial charge in [0.2, 0.25) is 0 Å². The van der Waals surface area contributed by atoms with Gasteiger partial charge in [0.05, 0.1) is 10.6 Å². The second-order valence-corrected chi connectivity index (χ2v) is 10.8. The summed E-state index contributed by atoms with van der Waals surface area (Å²) in [6, 6.07) is 5.77. The molecule has 2 heterocycles. The normalized spacial score (nSPS) is 18.6. The summed E-state index contributed by atoms with van der Waals surface area (Å²) in [7, 11) is 3.47. The monoisotopic (exact) mass is 463 g/mol. The number of halogens is 1. The van der Waals surface area contributed by atoms with Crippen LogP contribution in [-0.2, 0) is 4.74 Å². The lowest BCUT2D eigenvalue weighted by Gasteiger charge is -2.38. The van der Waals surface area contributed by atoms with E-state index in [1.165, 1.54) is 19.3 Å². The molecule has 0 aromatic heterocycles. The number of anilines is 1. The van der Waals surface area contributed by atoms with Crippen molar-refractivity contribution < 1.29 is 14.3 Å². The minimum Gasteiger partial charge on any atom is -0.444 e. The number of likely N-dealkylation sites (tertiary alicyclic amines) is 1. The number of hydrogen-bond donors (Lipinski definition) is 0. The van der Waals surface area contributed by atoms with Gasteiger partial charge in [-0.15, -0.1) is 0 Å². The average molecular weight is 464 g/mol. The van der Waals surface area contributed by atoms with Gasteiger partial charge in [0, 0.05) is 46.0 Å². The van der Waals surface area contributed by atoms with E-state index < -0.39 is 5.60 Å². The van der Waals surface area contributed by atoms with Crippen LogP contribution in [0.2, 0.25) is 5.02 Å². The molecule has 0 bridgehead atoms. The Labute approximate surface area is 197 Å². The zero-order valence-corrected chi connectivity index (χ0v) is 21.0. The van der Waals surface area contributed by atoms with E-state index >= 15 is 0 Å². The molecule has 0 atom stereocenters. The fourth-order valence-electron chi connectivity index (χ4n) is 4.69. The molecule has 178 valence electrons. The lowest BCUT2D eigenvalue weighted by atomic mass is 9.83. The SMILES string of the molecule is CN(C)C(=O)c1ccc(N2CCC(CC3CCN(C(=O)OC(C)(C)C)CC3)CC2)cc1Cl. The molecule has 0 unspecified atom stereocenters. The van der Waals surface area contributed by atoms with Gasteiger partial charge in [0.25, 0.3) is 5.91 Å². The second kappa shape index (κ2) is 10.3. The molecule has 2 aliphatic heterocycles. The molecule has 3 rings (SSSR count). The van der Waals surface area contributed by atoms with Crippen LogP contribution in [0.3, 0.4) is 0 Å². The predicted molar refractivity (Wildman–Crippen MR) is 130 cm³/mol. The lowest BCUT2D eigenvalue weighted by molar-refractivity contribution is 0.0174. The Balaban J connectivity index is 1.44. The smallest absolute Gasteiger partial charge is 0.410 e. The van der Waals surface area contributed by atoms with Crippen LogP contribution in [0, 0.1) is 11.8 Å². The van der Waals surface area contributed by atoms with E-state index in [1.54, 1.807) is 19.0 Å². The zero-order valence-electron chi connectivity index (χ0n) is 20.2. The number of hydrogen-bond acceptors (Lipinski definition) is 4. The first-order valence-corrected chi connectivity index (χ1v) is 12.2. The fourth-order valence-corrected chi connectivity index (χ4v) is 4.95. The molecule has 2 aliphatic rings. The van der Waals surface area contributed by atoms with Crippen LogP contribution >= 0.6 is 11.6 Å². The molecular weight excluding hydrogens is 426 g/mol. The van der Waals surface area contributed by atoms with Gasteiger partial charge in [0.15, 0.2) is 0 Å². The Morgan fingerprint density at radius 1 is 1.03 bits per heavy atom. The average Bonchev–Trinajstić information content (AvgIpc) is 2.73. The van der Waals surface area contributed by atoms with Crippen molar-refractivity contribution in [3.63, 3.8) is 0 Å². The summed E-state index contributed by atoms with van der Waals surface area (Å²) in [5.74, 6) is 1.35. The molecule has 1 aromatic carbocycles. The first-order chi connectivity index (χ1) is 15.0. The topological polar surface area (TPSA) is 53.1 Å². The van der Waals surface area contributed by atoms with Gasteiger partial charge < -0.3 is 19.4 Å². The third kappa shape index (κ3) is 6.53. The Bertz CT molecular complexity index is 805. The molecule has 0 radical (unpaired) electrons. The van der Waals surface area contributed by atoms with Crippen LogP contribution < -0.4 is 4.90 Å². The minimum absolute atomic E-state index is 0.0713. The Morgan fingerprint density at radius 2 is 1.59 bits per heavy atom. The summed E-state index contributed by atoms with van der Waals surface area (Å²) in [5.41, 5.74) is 1.20. The fraction of sp³-hybridized carbons (Fsp3) is 0.680. The van der Waals surface area contributed by atoms with Crippen molar-refractivity contribution in [2.45, 2.75) is 58.5 Å². The highest BCUT2D eigenvalue weighted by molar-refractivity contribution is 6.34. The van der Waals surface area contributed by atoms with E-state index in [0.29, 0.717) is 16.5 Å². The van der Waals surface area contributed by atoms with Gasteiger partial charge in [-0.25, -0.2) is 4.79 Å². The number of nitrogens with zero attached hydrogens (tertiary/aromatic N) is 3. The van der Waals surface area contributed by atoms with Gasteiger partial charge in [-0.3, -0.25) is 4.79 Å². The van der Waals surface area contributed by atoms with Gasteiger partial charge in [-0.2, -0.15) is 0 Å². The number of benzene rings is 1. The Morgan fingerprint density at radius 3 is 2.09 bits per heavy atom. The van der Waals surface area contributed by atoms with Gasteiger partial charge in [0.1, 0.15) is 5.60 Å². The number of carbonyl (C=O) groups is 2. The molecule has 0 saturated carbocycles. The predicted octanol–water partition coefficient (Wildman–Crippen LogP) is 5.30. The molecule has 2 amide bonds. The van der Waals surface area contributed by atoms with Crippen molar-refractivity contribution in [3.8, 4) is 0 Å². The number of amides is 2. The van der Waals surface area contributed by atoms with Gasteiger partial charge in [-0.05, 0) is 82.9 Å². The first-order valence-electron chi connectivity index (χ1n) is 11.8. The molecule has 1 aromatic rings. The highest BCUT2D eigenvalue weighted by Crippen LogP contribution is 2.33. The van der Waals surface area contributed by atoms with Crippen molar-refractivity contribution in [2.24, 2.45) is 11.8 Å². The third-order valence-electron chi connectivity index (χ3n) is 6.50. The number of ether oxygens (including phenoxy) is 1. The van der Waals surface area contributed by atoms with Gasteiger partial charge in [-0.1, -0.05) is 11.6 Å². The van der Waals surface area contributed by atoms with Crippen LogP contribution in [0.25, 0.3) is 0 Å². The Hall–Kier alpha value is -1.95. The van der Waals surface area contributed by atoms with Crippen LogP contribution in [0.4, 0.5) is 10.5 Å². The molecule has 6 nitrogen and oxygen atoms in total. The molecule has 32 heavy (non-hydrogen) atoms. The molecular formula is C25H38ClN3O3. The zero-order chi connectivity index (χ0) is 23.5. The van der Waals surface area contributed by atoms with E-state index in [0.717, 1.165) is 50.6 Å². The molecule has 0 aliphatic carbocycles. The van der Waals surface area contributed by atoms with E-state index in [4.69, 9.17) is 16.3 Å². The van der Waals surface area contributed by atoms with Crippen molar-refractivity contribution in [3.05, 3.63) is 28.8 Å². The lowest BCUT2D eigenvalue weighted by Crippen LogP contribution is -2.42. The summed E-state index contributed by atoms with van der Waals surface area (Å²) in [6.45, 7) is 9.36. The van der Waals surface area contributed by atoms with Crippen molar-refractivity contribution in [1.29, 1.82) is 0 Å². The van der Waals surface area contributed by atoms with E-state index in [-0.39, 0.29) is 12.0 Å². The summed E-state index contributed by atoms with van der Waals surface area (Å²) >= 11 is 6.40. The number of carbonyl (C=O) groups excluding carboxylic acids is 2. The maximum Gasteiger partial charge on any atom is 0.410 e. The van der Waals surface area contributed by atoms with Crippen LogP contribution in [-0.4, -0.2) is 67.7 Å². The van der Waals surface area contributed by atoms with Crippen LogP contribution in [0.15, 0.2) is 18.2 Å². The van der Waals surface area contributed by atoms with Crippen molar-refractivity contribution in [2.75, 3.05) is 45.2 Å². The third-order valence-corrected chi connectivity index (χ3v) is 6.81. The van der Waals surface area contributed by atoms with Gasteiger partial charge >= 0.3 is 6.09 Å². The summed E-state index contributed by atoms with van der Waals surface area (Å²) in [5, 5.41) is 0.514. The highest BCUT2D eigenvalue weighted by atomic mass is 35.5. The van der Waals surface area contributed by atoms with E-state index in [2.05, 4.69) is 4.90 Å². The van der Waals surface area contributed by atoms with Crippen molar-refractivity contribution in [1.82, 2.24) is 9.80 Å². The maximum absolute atomic E-state index is 12.3. The second-order valence-electron chi connectivity index (χ2n) is 10.4. The van der Waals surface area contributed by atoms with E-state index in [9.17, 15) is 9.59 Å². The van der Waals surface area contributed by atoms with Crippen LogP contribution in [0.1, 0.15) is 63.2 Å². The number of rotatable bonds is 4. The molecule has 0 N–H and O–H groups in total. The summed E-state index contributed by atoms with van der Waals surface area (Å²) in [6.07, 6.45) is 5.53. The standard InChI is InChI=1S/C25H38ClN3O3/c1-25(2,3)32-24(31)29-14-10-19(11-15-29)16-18-8-12-28(13-9-18)20-6-7-21(22(26)17-20)23(30)27(4)5/h6-7,17-19H,8-16H2,1-5H3. The van der Waals surface area contributed by atoms with Crippen molar-refractivity contribution >= 4 is 29.3 Å². The molecule has 0 spiro atoms. The number of piperidine rings is 2. The summed E-state index contributed by atoms with van der Waals surface area (Å²) in [4.78, 5) is 30.2. The molecule has 2 saturated heterocycles.